The highest BCUT2D eigenvalue weighted by molar-refractivity contribution is 7.08. The van der Waals surface area contributed by atoms with E-state index in [1.54, 1.807) is 11.3 Å². The lowest BCUT2D eigenvalue weighted by Gasteiger charge is -2.11. The molecule has 0 amide bonds. The van der Waals surface area contributed by atoms with Gasteiger partial charge in [0.25, 0.3) is 0 Å². The lowest BCUT2D eigenvalue weighted by molar-refractivity contribution is 0.720. The number of hydrogen-bond acceptors (Lipinski definition) is 2. The van der Waals surface area contributed by atoms with Crippen molar-refractivity contribution >= 4 is 22.9 Å². The third-order valence-electron chi connectivity index (χ3n) is 2.64. The van der Waals surface area contributed by atoms with E-state index in [1.165, 1.54) is 16.7 Å². The summed E-state index contributed by atoms with van der Waals surface area (Å²) in [6.07, 6.45) is 0.831. The van der Waals surface area contributed by atoms with Gasteiger partial charge in [-0.25, -0.2) is 0 Å². The molecule has 1 atom stereocenters. The molecule has 0 spiro atoms. The molecule has 0 bridgehead atoms. The fraction of sp³-hybridized carbons (Fsp3) is 0.231. The molecule has 2 aromatic rings. The van der Waals surface area contributed by atoms with Gasteiger partial charge in [0.1, 0.15) is 0 Å². The molecule has 0 aliphatic heterocycles. The van der Waals surface area contributed by atoms with Gasteiger partial charge in [-0.15, -0.1) is 0 Å². The molecule has 1 heterocycles. The lowest BCUT2D eigenvalue weighted by atomic mass is 10.00. The van der Waals surface area contributed by atoms with Crippen LogP contribution in [-0.4, -0.2) is 0 Å². The quantitative estimate of drug-likeness (QED) is 0.878. The zero-order valence-electron chi connectivity index (χ0n) is 9.11. The summed E-state index contributed by atoms with van der Waals surface area (Å²) >= 11 is 7.65. The zero-order valence-corrected chi connectivity index (χ0v) is 10.7. The summed E-state index contributed by atoms with van der Waals surface area (Å²) in [6, 6.07) is 7.94. The molecule has 1 aromatic heterocycles. The number of hydrogen-bond donors (Lipinski definition) is 1. The number of rotatable bonds is 3. The van der Waals surface area contributed by atoms with Crippen LogP contribution in [0.1, 0.15) is 22.7 Å². The van der Waals surface area contributed by atoms with E-state index >= 15 is 0 Å². The van der Waals surface area contributed by atoms with Crippen molar-refractivity contribution in [1.82, 2.24) is 0 Å². The molecule has 0 radical (unpaired) electrons. The smallest absolute Gasteiger partial charge is 0.0408 e. The van der Waals surface area contributed by atoms with Crippen LogP contribution < -0.4 is 5.73 Å². The maximum atomic E-state index is 6.19. The number of nitrogens with two attached hydrogens (primary N) is 1. The summed E-state index contributed by atoms with van der Waals surface area (Å²) < 4.78 is 0. The molecule has 0 saturated heterocycles. The highest BCUT2D eigenvalue weighted by Crippen LogP contribution is 2.23. The third kappa shape index (κ3) is 2.64. The van der Waals surface area contributed by atoms with Crippen molar-refractivity contribution in [2.24, 2.45) is 5.73 Å². The first kappa shape index (κ1) is 11.6. The van der Waals surface area contributed by atoms with E-state index in [1.807, 2.05) is 18.2 Å². The first-order valence-corrected chi connectivity index (χ1v) is 6.51. The van der Waals surface area contributed by atoms with Gasteiger partial charge in [-0.1, -0.05) is 23.7 Å². The minimum Gasteiger partial charge on any atom is -0.324 e. The van der Waals surface area contributed by atoms with E-state index in [9.17, 15) is 0 Å². The van der Waals surface area contributed by atoms with Crippen LogP contribution in [0.2, 0.25) is 5.02 Å². The van der Waals surface area contributed by atoms with Crippen LogP contribution in [0.25, 0.3) is 0 Å². The molecule has 2 N–H and O–H groups in total. The Labute approximate surface area is 105 Å². The molecule has 1 aromatic carbocycles. The molecule has 0 aliphatic carbocycles. The van der Waals surface area contributed by atoms with Crippen molar-refractivity contribution in [3.63, 3.8) is 0 Å². The molecule has 3 heteroatoms. The highest BCUT2D eigenvalue weighted by atomic mass is 35.5. The molecule has 16 heavy (non-hydrogen) atoms. The predicted molar refractivity (Wildman–Crippen MR) is 71.1 cm³/mol. The van der Waals surface area contributed by atoms with Crippen molar-refractivity contribution in [2.75, 3.05) is 0 Å². The van der Waals surface area contributed by atoms with Gasteiger partial charge in [-0.2, -0.15) is 11.3 Å². The van der Waals surface area contributed by atoms with Crippen LogP contribution in [0.4, 0.5) is 0 Å². The first-order chi connectivity index (χ1) is 7.66. The Morgan fingerprint density at radius 3 is 2.81 bits per heavy atom. The number of aryl methyl sites for hydroxylation is 1. The van der Waals surface area contributed by atoms with Crippen LogP contribution in [-0.2, 0) is 6.42 Å². The molecule has 0 fully saturated rings. The van der Waals surface area contributed by atoms with Crippen LogP contribution >= 0.6 is 22.9 Å². The highest BCUT2D eigenvalue weighted by Gasteiger charge is 2.10. The van der Waals surface area contributed by atoms with E-state index in [4.69, 9.17) is 17.3 Å². The van der Waals surface area contributed by atoms with Crippen molar-refractivity contribution < 1.29 is 0 Å². The molecule has 1 unspecified atom stereocenters. The van der Waals surface area contributed by atoms with Gasteiger partial charge in [0.2, 0.25) is 0 Å². The standard InChI is InChI=1S/C13H14ClNS/c1-9-7-16-8-12(9)13(15)6-10-3-2-4-11(14)5-10/h2-5,7-8,13H,6,15H2,1H3. The van der Waals surface area contributed by atoms with E-state index in [2.05, 4.69) is 23.8 Å². The monoisotopic (exact) mass is 251 g/mol. The molecule has 1 nitrogen and oxygen atoms in total. The largest absolute Gasteiger partial charge is 0.324 e. The van der Waals surface area contributed by atoms with E-state index in [-0.39, 0.29) is 6.04 Å². The summed E-state index contributed by atoms with van der Waals surface area (Å²) in [5.74, 6) is 0. The Morgan fingerprint density at radius 2 is 2.19 bits per heavy atom. The van der Waals surface area contributed by atoms with Gasteiger partial charge in [0, 0.05) is 11.1 Å². The maximum absolute atomic E-state index is 6.19. The van der Waals surface area contributed by atoms with Gasteiger partial charge in [0.05, 0.1) is 0 Å². The van der Waals surface area contributed by atoms with Gasteiger partial charge >= 0.3 is 0 Å². The number of benzene rings is 1. The first-order valence-electron chi connectivity index (χ1n) is 5.19. The zero-order chi connectivity index (χ0) is 11.5. The van der Waals surface area contributed by atoms with Gasteiger partial charge in [0.15, 0.2) is 0 Å². The molecule has 0 saturated carbocycles. The van der Waals surface area contributed by atoms with Crippen molar-refractivity contribution in [3.05, 3.63) is 56.7 Å². The predicted octanol–water partition coefficient (Wildman–Crippen LogP) is 3.95. The van der Waals surface area contributed by atoms with Gasteiger partial charge in [-0.05, 0) is 52.9 Å². The fourth-order valence-electron chi connectivity index (χ4n) is 1.78. The second-order valence-corrected chi connectivity index (χ2v) is 5.13. The third-order valence-corrected chi connectivity index (χ3v) is 3.75. The number of halogens is 1. The van der Waals surface area contributed by atoms with Crippen LogP contribution in [0.3, 0.4) is 0 Å². The Hall–Kier alpha value is -0.830. The molecular weight excluding hydrogens is 238 g/mol. The van der Waals surface area contributed by atoms with E-state index in [0.717, 1.165) is 11.4 Å². The Bertz CT molecular complexity index is 478. The molecule has 84 valence electrons. The second-order valence-electron chi connectivity index (χ2n) is 3.95. The SMILES string of the molecule is Cc1cscc1C(N)Cc1cccc(Cl)c1. The summed E-state index contributed by atoms with van der Waals surface area (Å²) in [6.45, 7) is 2.10. The minimum absolute atomic E-state index is 0.0599. The summed E-state index contributed by atoms with van der Waals surface area (Å²) in [5.41, 5.74) is 9.89. The average Bonchev–Trinajstić information content (AvgIpc) is 2.64. The molecule has 0 aliphatic rings. The Kier molecular flexibility index (Phi) is 3.64. The fourth-order valence-corrected chi connectivity index (χ4v) is 2.91. The maximum Gasteiger partial charge on any atom is 0.0408 e. The van der Waals surface area contributed by atoms with Crippen molar-refractivity contribution in [3.8, 4) is 0 Å². The lowest BCUT2D eigenvalue weighted by Crippen LogP contribution is -2.13. The van der Waals surface area contributed by atoms with E-state index < -0.39 is 0 Å². The normalized spacial score (nSPS) is 12.7. The van der Waals surface area contributed by atoms with Gasteiger partial charge < -0.3 is 5.73 Å². The second kappa shape index (κ2) is 5.00. The van der Waals surface area contributed by atoms with Crippen molar-refractivity contribution in [2.45, 2.75) is 19.4 Å². The Morgan fingerprint density at radius 1 is 1.38 bits per heavy atom. The number of thiophene rings is 1. The van der Waals surface area contributed by atoms with Crippen molar-refractivity contribution in [1.29, 1.82) is 0 Å². The average molecular weight is 252 g/mol. The Balaban J connectivity index is 2.14. The minimum atomic E-state index is 0.0599. The summed E-state index contributed by atoms with van der Waals surface area (Å²) in [4.78, 5) is 0. The topological polar surface area (TPSA) is 26.0 Å². The summed E-state index contributed by atoms with van der Waals surface area (Å²) in [5, 5.41) is 5.03. The van der Waals surface area contributed by atoms with Crippen LogP contribution in [0, 0.1) is 6.92 Å². The van der Waals surface area contributed by atoms with E-state index in [0.29, 0.717) is 0 Å². The van der Waals surface area contributed by atoms with Gasteiger partial charge in [-0.3, -0.25) is 0 Å². The van der Waals surface area contributed by atoms with Crippen LogP contribution in [0.15, 0.2) is 35.0 Å². The molecular formula is C13H14ClNS. The molecule has 2 rings (SSSR count). The summed E-state index contributed by atoms with van der Waals surface area (Å²) in [7, 11) is 0. The van der Waals surface area contributed by atoms with Crippen LogP contribution in [0.5, 0.6) is 0 Å².